The lowest BCUT2D eigenvalue weighted by atomic mass is 10.1. The lowest BCUT2D eigenvalue weighted by molar-refractivity contribution is 0.0664. The number of nitrogens with zero attached hydrogens (tertiary/aromatic N) is 2. The second-order valence-electron chi connectivity index (χ2n) is 7.43. The van der Waals surface area contributed by atoms with Gasteiger partial charge in [-0.15, -0.1) is 0 Å². The SMILES string of the molecule is CN1CCN(C(=O)c2ccc(S(=O)(=O)NC3CCCCCC3)cc2)CC1. The summed E-state index contributed by atoms with van der Waals surface area (Å²) in [7, 11) is -1.49. The average molecular weight is 380 g/mol. The van der Waals surface area contributed by atoms with Crippen molar-refractivity contribution >= 4 is 15.9 Å². The number of sulfonamides is 1. The van der Waals surface area contributed by atoms with Gasteiger partial charge in [0.2, 0.25) is 10.0 Å². The fourth-order valence-electron chi connectivity index (χ4n) is 3.65. The zero-order valence-electron chi connectivity index (χ0n) is 15.5. The van der Waals surface area contributed by atoms with Crippen molar-refractivity contribution in [1.82, 2.24) is 14.5 Å². The van der Waals surface area contributed by atoms with Gasteiger partial charge in [-0.05, 0) is 44.2 Å². The Morgan fingerprint density at radius 2 is 1.54 bits per heavy atom. The van der Waals surface area contributed by atoms with E-state index in [9.17, 15) is 13.2 Å². The lowest BCUT2D eigenvalue weighted by Crippen LogP contribution is -2.47. The van der Waals surface area contributed by atoms with E-state index in [1.165, 1.54) is 12.8 Å². The Morgan fingerprint density at radius 1 is 0.962 bits per heavy atom. The summed E-state index contributed by atoms with van der Waals surface area (Å²) < 4.78 is 28.1. The van der Waals surface area contributed by atoms with Gasteiger partial charge in [0.1, 0.15) is 0 Å². The highest BCUT2D eigenvalue weighted by Gasteiger charge is 2.23. The minimum atomic E-state index is -3.53. The van der Waals surface area contributed by atoms with Crippen LogP contribution in [0.5, 0.6) is 0 Å². The number of likely N-dealkylation sites (N-methyl/N-ethyl adjacent to an activating group) is 1. The maximum absolute atomic E-state index is 12.6. The first-order valence-corrected chi connectivity index (χ1v) is 11.0. The monoisotopic (exact) mass is 379 g/mol. The zero-order chi connectivity index (χ0) is 18.6. The molecule has 0 atom stereocenters. The summed E-state index contributed by atoms with van der Waals surface area (Å²) in [6.07, 6.45) is 6.32. The molecule has 1 amide bonds. The highest BCUT2D eigenvalue weighted by atomic mass is 32.2. The molecule has 144 valence electrons. The van der Waals surface area contributed by atoms with Crippen LogP contribution in [0.3, 0.4) is 0 Å². The summed E-state index contributed by atoms with van der Waals surface area (Å²) in [6.45, 7) is 3.14. The summed E-state index contributed by atoms with van der Waals surface area (Å²) >= 11 is 0. The molecular weight excluding hydrogens is 350 g/mol. The van der Waals surface area contributed by atoms with Crippen LogP contribution in [0.1, 0.15) is 48.9 Å². The van der Waals surface area contributed by atoms with E-state index in [1.807, 2.05) is 11.9 Å². The molecule has 7 heteroatoms. The van der Waals surface area contributed by atoms with Crippen LogP contribution in [0.2, 0.25) is 0 Å². The van der Waals surface area contributed by atoms with Gasteiger partial charge in [0, 0.05) is 37.8 Å². The second-order valence-corrected chi connectivity index (χ2v) is 9.14. The first-order valence-electron chi connectivity index (χ1n) is 9.56. The quantitative estimate of drug-likeness (QED) is 0.813. The number of amides is 1. The van der Waals surface area contributed by atoms with E-state index in [1.54, 1.807) is 24.3 Å². The number of hydrogen-bond acceptors (Lipinski definition) is 4. The molecule has 1 saturated heterocycles. The maximum Gasteiger partial charge on any atom is 0.253 e. The molecule has 0 aromatic heterocycles. The number of benzene rings is 1. The number of carbonyl (C=O) groups is 1. The van der Waals surface area contributed by atoms with Gasteiger partial charge in [-0.1, -0.05) is 25.7 Å². The zero-order valence-corrected chi connectivity index (χ0v) is 16.3. The average Bonchev–Trinajstić information content (AvgIpc) is 2.90. The van der Waals surface area contributed by atoms with Crippen LogP contribution in [0.25, 0.3) is 0 Å². The van der Waals surface area contributed by atoms with Crippen molar-refractivity contribution in [1.29, 1.82) is 0 Å². The summed E-state index contributed by atoms with van der Waals surface area (Å²) in [5.74, 6) is -0.0289. The van der Waals surface area contributed by atoms with E-state index >= 15 is 0 Å². The minimum absolute atomic E-state index is 0.0224. The molecule has 0 spiro atoms. The number of piperazine rings is 1. The largest absolute Gasteiger partial charge is 0.336 e. The third-order valence-corrected chi connectivity index (χ3v) is 6.92. The molecule has 0 unspecified atom stereocenters. The van der Waals surface area contributed by atoms with Crippen LogP contribution in [-0.4, -0.2) is 63.4 Å². The third kappa shape index (κ3) is 4.84. The molecule has 1 aliphatic carbocycles. The Balaban J connectivity index is 1.65. The minimum Gasteiger partial charge on any atom is -0.336 e. The number of carbonyl (C=O) groups excluding carboxylic acids is 1. The molecule has 1 aliphatic heterocycles. The molecule has 0 radical (unpaired) electrons. The molecule has 3 rings (SSSR count). The van der Waals surface area contributed by atoms with E-state index in [2.05, 4.69) is 9.62 Å². The smallest absolute Gasteiger partial charge is 0.253 e. The first-order chi connectivity index (χ1) is 12.5. The Labute approximate surface area is 156 Å². The van der Waals surface area contributed by atoms with Crippen molar-refractivity contribution in [2.45, 2.75) is 49.5 Å². The Hall–Kier alpha value is -1.44. The number of hydrogen-bond donors (Lipinski definition) is 1. The third-order valence-electron chi connectivity index (χ3n) is 5.38. The molecule has 6 nitrogen and oxygen atoms in total. The molecular formula is C19H29N3O3S. The van der Waals surface area contributed by atoms with Crippen molar-refractivity contribution < 1.29 is 13.2 Å². The van der Waals surface area contributed by atoms with Crippen LogP contribution in [-0.2, 0) is 10.0 Å². The summed E-state index contributed by atoms with van der Waals surface area (Å²) in [5, 5.41) is 0. The molecule has 1 saturated carbocycles. The highest BCUT2D eigenvalue weighted by molar-refractivity contribution is 7.89. The predicted molar refractivity (Wildman–Crippen MR) is 102 cm³/mol. The van der Waals surface area contributed by atoms with E-state index < -0.39 is 10.0 Å². The summed E-state index contributed by atoms with van der Waals surface area (Å²) in [4.78, 5) is 16.8. The van der Waals surface area contributed by atoms with Gasteiger partial charge in [0.15, 0.2) is 0 Å². The topological polar surface area (TPSA) is 69.7 Å². The predicted octanol–water partition coefficient (Wildman–Crippen LogP) is 2.08. The van der Waals surface area contributed by atoms with Crippen molar-refractivity contribution in [3.8, 4) is 0 Å². The van der Waals surface area contributed by atoms with Gasteiger partial charge < -0.3 is 9.80 Å². The Kier molecular flexibility index (Phi) is 6.32. The van der Waals surface area contributed by atoms with E-state index in [0.29, 0.717) is 18.7 Å². The fraction of sp³-hybridized carbons (Fsp3) is 0.632. The molecule has 0 bridgehead atoms. The van der Waals surface area contributed by atoms with Crippen LogP contribution in [0, 0.1) is 0 Å². The summed E-state index contributed by atoms with van der Waals surface area (Å²) in [5.41, 5.74) is 0.544. The molecule has 2 aliphatic rings. The van der Waals surface area contributed by atoms with Gasteiger partial charge in [-0.2, -0.15) is 0 Å². The van der Waals surface area contributed by atoms with Crippen molar-refractivity contribution in [3.63, 3.8) is 0 Å². The van der Waals surface area contributed by atoms with Gasteiger partial charge >= 0.3 is 0 Å². The van der Waals surface area contributed by atoms with Crippen molar-refractivity contribution in [2.24, 2.45) is 0 Å². The number of rotatable bonds is 4. The van der Waals surface area contributed by atoms with Crippen molar-refractivity contribution in [3.05, 3.63) is 29.8 Å². The second kappa shape index (κ2) is 8.50. The molecule has 1 aromatic carbocycles. The normalized spacial score (nSPS) is 20.7. The van der Waals surface area contributed by atoms with Gasteiger partial charge in [0.25, 0.3) is 5.91 Å². The molecule has 2 fully saturated rings. The highest BCUT2D eigenvalue weighted by Crippen LogP contribution is 2.20. The molecule has 26 heavy (non-hydrogen) atoms. The van der Waals surface area contributed by atoms with Crippen molar-refractivity contribution in [2.75, 3.05) is 33.2 Å². The lowest BCUT2D eigenvalue weighted by Gasteiger charge is -2.32. The van der Waals surface area contributed by atoms with Crippen LogP contribution >= 0.6 is 0 Å². The van der Waals surface area contributed by atoms with Crippen LogP contribution in [0.15, 0.2) is 29.2 Å². The van der Waals surface area contributed by atoms with E-state index in [0.717, 1.165) is 38.8 Å². The van der Waals surface area contributed by atoms with Gasteiger partial charge in [-0.3, -0.25) is 4.79 Å². The molecule has 1 aromatic rings. The van der Waals surface area contributed by atoms with E-state index in [-0.39, 0.29) is 16.8 Å². The molecule has 1 N–H and O–H groups in total. The van der Waals surface area contributed by atoms with Crippen LogP contribution in [0.4, 0.5) is 0 Å². The van der Waals surface area contributed by atoms with Gasteiger partial charge in [0.05, 0.1) is 4.90 Å². The van der Waals surface area contributed by atoms with E-state index in [4.69, 9.17) is 0 Å². The standard InChI is InChI=1S/C19H29N3O3S/c1-21-12-14-22(15-13-21)19(23)16-8-10-18(11-9-16)26(24,25)20-17-6-4-2-3-5-7-17/h8-11,17,20H,2-7,12-15H2,1H3. The Bertz CT molecular complexity index is 702. The Morgan fingerprint density at radius 3 is 2.12 bits per heavy atom. The number of nitrogens with one attached hydrogen (secondary N) is 1. The fourth-order valence-corrected chi connectivity index (χ4v) is 4.96. The van der Waals surface area contributed by atoms with Gasteiger partial charge in [-0.25, -0.2) is 13.1 Å². The first kappa shape index (κ1) is 19.3. The summed E-state index contributed by atoms with van der Waals surface area (Å²) in [6, 6.07) is 6.36. The van der Waals surface area contributed by atoms with Crippen LogP contribution < -0.4 is 4.72 Å². The molecule has 1 heterocycles. The maximum atomic E-state index is 12.6.